The average molecular weight is 248 g/mol. The molecule has 0 fully saturated rings. The standard InChI is InChI=1S/C17H16N2/c1-2-13-7-3-5-9-15(13)19-17-11-12-18-16-10-6-4-8-14(16)17/h3-12H,2H2,1H3,(H,18,19). The SMILES string of the molecule is CCc1ccccc1Nc1ccnc2ccccc12. The van der Waals surface area contributed by atoms with Crippen LogP contribution in [0.25, 0.3) is 10.9 Å². The van der Waals surface area contributed by atoms with Crippen molar-refractivity contribution in [3.63, 3.8) is 0 Å². The van der Waals surface area contributed by atoms with Crippen molar-refractivity contribution in [2.45, 2.75) is 13.3 Å². The second kappa shape index (κ2) is 5.11. The summed E-state index contributed by atoms with van der Waals surface area (Å²) in [5.74, 6) is 0. The molecule has 0 aliphatic rings. The monoisotopic (exact) mass is 248 g/mol. The van der Waals surface area contributed by atoms with Crippen molar-refractivity contribution in [2.75, 3.05) is 5.32 Å². The molecule has 1 N–H and O–H groups in total. The summed E-state index contributed by atoms with van der Waals surface area (Å²) in [6, 6.07) is 18.6. The molecule has 0 radical (unpaired) electrons. The van der Waals surface area contributed by atoms with E-state index in [0.717, 1.165) is 23.0 Å². The van der Waals surface area contributed by atoms with E-state index in [1.165, 1.54) is 11.3 Å². The Bertz CT molecular complexity index is 699. The molecule has 0 amide bonds. The third-order valence-corrected chi connectivity index (χ3v) is 3.32. The number of nitrogens with one attached hydrogen (secondary N) is 1. The number of aryl methyl sites for hydroxylation is 1. The van der Waals surface area contributed by atoms with Gasteiger partial charge in [0.05, 0.1) is 5.52 Å². The number of rotatable bonds is 3. The van der Waals surface area contributed by atoms with Crippen LogP contribution in [0.3, 0.4) is 0 Å². The first kappa shape index (κ1) is 11.7. The summed E-state index contributed by atoms with van der Waals surface area (Å²) in [4.78, 5) is 4.39. The van der Waals surface area contributed by atoms with Gasteiger partial charge in [-0.25, -0.2) is 0 Å². The van der Waals surface area contributed by atoms with Gasteiger partial charge in [-0.05, 0) is 30.2 Å². The molecule has 0 spiro atoms. The predicted octanol–water partition coefficient (Wildman–Crippen LogP) is 4.54. The van der Waals surface area contributed by atoms with Crippen LogP contribution in [0, 0.1) is 0 Å². The van der Waals surface area contributed by atoms with Crippen molar-refractivity contribution in [3.05, 3.63) is 66.4 Å². The summed E-state index contributed by atoms with van der Waals surface area (Å²) < 4.78 is 0. The van der Waals surface area contributed by atoms with E-state index in [4.69, 9.17) is 0 Å². The molecule has 1 heterocycles. The average Bonchev–Trinajstić information content (AvgIpc) is 2.48. The van der Waals surface area contributed by atoms with Gasteiger partial charge in [0, 0.05) is 23.0 Å². The van der Waals surface area contributed by atoms with E-state index in [9.17, 15) is 0 Å². The number of hydrogen-bond acceptors (Lipinski definition) is 2. The topological polar surface area (TPSA) is 24.9 Å². The first-order valence-electron chi connectivity index (χ1n) is 6.57. The molecular formula is C17H16N2. The molecule has 0 bridgehead atoms. The van der Waals surface area contributed by atoms with Gasteiger partial charge < -0.3 is 5.32 Å². The third-order valence-electron chi connectivity index (χ3n) is 3.32. The molecule has 0 aliphatic heterocycles. The van der Waals surface area contributed by atoms with Gasteiger partial charge in [0.25, 0.3) is 0 Å². The Labute approximate surface area is 113 Å². The Morgan fingerprint density at radius 2 is 1.68 bits per heavy atom. The van der Waals surface area contributed by atoms with Crippen LogP contribution in [-0.2, 0) is 6.42 Å². The molecular weight excluding hydrogens is 232 g/mol. The number of para-hydroxylation sites is 2. The largest absolute Gasteiger partial charge is 0.355 e. The molecule has 0 aliphatic carbocycles. The number of pyridine rings is 1. The third kappa shape index (κ3) is 2.29. The molecule has 2 aromatic carbocycles. The Hall–Kier alpha value is -2.35. The van der Waals surface area contributed by atoms with Crippen molar-refractivity contribution >= 4 is 22.3 Å². The van der Waals surface area contributed by atoms with Gasteiger partial charge in [-0.15, -0.1) is 0 Å². The van der Waals surface area contributed by atoms with E-state index in [1.54, 1.807) is 0 Å². The molecule has 19 heavy (non-hydrogen) atoms. The van der Waals surface area contributed by atoms with Crippen LogP contribution >= 0.6 is 0 Å². The lowest BCUT2D eigenvalue weighted by atomic mass is 10.1. The van der Waals surface area contributed by atoms with Crippen LogP contribution in [0.1, 0.15) is 12.5 Å². The van der Waals surface area contributed by atoms with Crippen molar-refractivity contribution in [2.24, 2.45) is 0 Å². The lowest BCUT2D eigenvalue weighted by molar-refractivity contribution is 1.14. The summed E-state index contributed by atoms with van der Waals surface area (Å²) in [6.07, 6.45) is 2.87. The van der Waals surface area contributed by atoms with E-state index in [0.29, 0.717) is 0 Å². The lowest BCUT2D eigenvalue weighted by Crippen LogP contribution is -1.96. The summed E-state index contributed by atoms with van der Waals surface area (Å²) in [6.45, 7) is 2.17. The van der Waals surface area contributed by atoms with Gasteiger partial charge in [-0.3, -0.25) is 4.98 Å². The van der Waals surface area contributed by atoms with Crippen molar-refractivity contribution < 1.29 is 0 Å². The number of anilines is 2. The highest BCUT2D eigenvalue weighted by atomic mass is 14.9. The number of fused-ring (bicyclic) bond motifs is 1. The Kier molecular flexibility index (Phi) is 3.15. The van der Waals surface area contributed by atoms with Gasteiger partial charge >= 0.3 is 0 Å². The summed E-state index contributed by atoms with van der Waals surface area (Å²) >= 11 is 0. The molecule has 0 atom stereocenters. The van der Waals surface area contributed by atoms with E-state index in [2.05, 4.69) is 47.6 Å². The highest BCUT2D eigenvalue weighted by Crippen LogP contribution is 2.26. The molecule has 3 rings (SSSR count). The fourth-order valence-electron chi connectivity index (χ4n) is 2.30. The van der Waals surface area contributed by atoms with Crippen LogP contribution in [0.2, 0.25) is 0 Å². The van der Waals surface area contributed by atoms with Crippen LogP contribution in [0.15, 0.2) is 60.8 Å². The Morgan fingerprint density at radius 3 is 2.58 bits per heavy atom. The Morgan fingerprint density at radius 1 is 0.895 bits per heavy atom. The van der Waals surface area contributed by atoms with Crippen LogP contribution in [0.4, 0.5) is 11.4 Å². The van der Waals surface area contributed by atoms with Crippen LogP contribution in [0.5, 0.6) is 0 Å². The highest BCUT2D eigenvalue weighted by molar-refractivity contribution is 5.92. The molecule has 2 nitrogen and oxygen atoms in total. The quantitative estimate of drug-likeness (QED) is 0.736. The summed E-state index contributed by atoms with van der Waals surface area (Å²) in [5, 5.41) is 4.68. The molecule has 0 saturated heterocycles. The molecule has 0 saturated carbocycles. The molecule has 94 valence electrons. The van der Waals surface area contributed by atoms with E-state index in [-0.39, 0.29) is 0 Å². The van der Waals surface area contributed by atoms with Crippen LogP contribution in [-0.4, -0.2) is 4.98 Å². The minimum atomic E-state index is 1.02. The maximum Gasteiger partial charge on any atom is 0.0722 e. The highest BCUT2D eigenvalue weighted by Gasteiger charge is 2.04. The first-order chi connectivity index (χ1) is 9.38. The van der Waals surface area contributed by atoms with Crippen molar-refractivity contribution in [1.82, 2.24) is 4.98 Å². The number of hydrogen-bond donors (Lipinski definition) is 1. The van der Waals surface area contributed by atoms with E-state index >= 15 is 0 Å². The van der Waals surface area contributed by atoms with Gasteiger partial charge in [-0.1, -0.05) is 43.3 Å². The molecule has 2 heteroatoms. The zero-order chi connectivity index (χ0) is 13.1. The Balaban J connectivity index is 2.06. The van der Waals surface area contributed by atoms with Crippen LogP contribution < -0.4 is 5.32 Å². The number of nitrogens with zero attached hydrogens (tertiary/aromatic N) is 1. The fourth-order valence-corrected chi connectivity index (χ4v) is 2.30. The predicted molar refractivity (Wildman–Crippen MR) is 80.8 cm³/mol. The zero-order valence-corrected chi connectivity index (χ0v) is 10.9. The van der Waals surface area contributed by atoms with Gasteiger partial charge in [-0.2, -0.15) is 0 Å². The summed E-state index contributed by atoms with van der Waals surface area (Å²) in [7, 11) is 0. The van der Waals surface area contributed by atoms with Crippen molar-refractivity contribution in [1.29, 1.82) is 0 Å². The molecule has 1 aromatic heterocycles. The number of aromatic nitrogens is 1. The lowest BCUT2D eigenvalue weighted by Gasteiger charge is -2.12. The first-order valence-corrected chi connectivity index (χ1v) is 6.57. The number of benzene rings is 2. The zero-order valence-electron chi connectivity index (χ0n) is 10.9. The normalized spacial score (nSPS) is 10.6. The van der Waals surface area contributed by atoms with Crippen molar-refractivity contribution in [3.8, 4) is 0 Å². The van der Waals surface area contributed by atoms with E-state index in [1.807, 2.05) is 30.5 Å². The maximum absolute atomic E-state index is 4.39. The summed E-state index contributed by atoms with van der Waals surface area (Å²) in [5.41, 5.74) is 4.61. The fraction of sp³-hybridized carbons (Fsp3) is 0.118. The smallest absolute Gasteiger partial charge is 0.0722 e. The minimum absolute atomic E-state index is 1.02. The molecule has 0 unspecified atom stereocenters. The molecule has 3 aromatic rings. The van der Waals surface area contributed by atoms with Gasteiger partial charge in [0.15, 0.2) is 0 Å². The second-order valence-corrected chi connectivity index (χ2v) is 4.51. The van der Waals surface area contributed by atoms with Gasteiger partial charge in [0.1, 0.15) is 0 Å². The maximum atomic E-state index is 4.39. The van der Waals surface area contributed by atoms with E-state index < -0.39 is 0 Å². The minimum Gasteiger partial charge on any atom is -0.355 e. The van der Waals surface area contributed by atoms with Gasteiger partial charge in [0.2, 0.25) is 0 Å². The second-order valence-electron chi connectivity index (χ2n) is 4.51.